The number of benzene rings is 1. The van der Waals surface area contributed by atoms with Crippen molar-refractivity contribution < 1.29 is 0 Å². The maximum atomic E-state index is 3.54. The molecule has 17 heavy (non-hydrogen) atoms. The first-order valence-corrected chi connectivity index (χ1v) is 6.90. The molecule has 0 aromatic heterocycles. The predicted octanol–water partition coefficient (Wildman–Crippen LogP) is 3.50. The van der Waals surface area contributed by atoms with Crippen LogP contribution in [0.5, 0.6) is 0 Å². The van der Waals surface area contributed by atoms with Gasteiger partial charge in [0.2, 0.25) is 0 Å². The minimum atomic E-state index is 0.248. The van der Waals surface area contributed by atoms with Gasteiger partial charge in [-0.1, -0.05) is 18.2 Å². The van der Waals surface area contributed by atoms with Crippen LogP contribution in [0.15, 0.2) is 18.2 Å². The number of fused-ring (bicyclic) bond motifs is 1. The predicted molar refractivity (Wildman–Crippen MR) is 74.5 cm³/mol. The fourth-order valence-corrected chi connectivity index (χ4v) is 2.54. The Morgan fingerprint density at radius 3 is 2.65 bits per heavy atom. The van der Waals surface area contributed by atoms with Crippen molar-refractivity contribution >= 4 is 0 Å². The molecule has 0 amide bonds. The highest BCUT2D eigenvalue weighted by atomic mass is 14.9. The maximum absolute atomic E-state index is 3.54. The average molecular weight is 231 g/mol. The van der Waals surface area contributed by atoms with Crippen LogP contribution in [0, 0.1) is 0 Å². The minimum absolute atomic E-state index is 0.248. The third-order valence-electron chi connectivity index (χ3n) is 3.46. The van der Waals surface area contributed by atoms with E-state index in [0.717, 1.165) is 6.54 Å². The van der Waals surface area contributed by atoms with E-state index in [1.165, 1.54) is 37.7 Å². The quantitative estimate of drug-likeness (QED) is 0.782. The summed E-state index contributed by atoms with van der Waals surface area (Å²) in [7, 11) is 0. The van der Waals surface area contributed by atoms with Crippen LogP contribution >= 0.6 is 0 Å². The summed E-state index contributed by atoms with van der Waals surface area (Å²) in [6.07, 6.45) is 6.38. The Hall–Kier alpha value is -0.820. The van der Waals surface area contributed by atoms with E-state index in [1.54, 1.807) is 11.1 Å². The van der Waals surface area contributed by atoms with Crippen LogP contribution < -0.4 is 5.32 Å². The number of hydrogen-bond donors (Lipinski definition) is 1. The highest BCUT2D eigenvalue weighted by Crippen LogP contribution is 2.23. The monoisotopic (exact) mass is 231 g/mol. The van der Waals surface area contributed by atoms with Crippen molar-refractivity contribution in [3.8, 4) is 0 Å². The van der Waals surface area contributed by atoms with E-state index in [0.29, 0.717) is 0 Å². The molecule has 0 saturated carbocycles. The standard InChI is InChI=1S/C16H25N/c1-16(2,3)17-11-5-6-13-9-10-14-7-4-8-15(14)12-13/h9-10,12,17H,4-8,11H2,1-3H3. The van der Waals surface area contributed by atoms with Gasteiger partial charge in [-0.25, -0.2) is 0 Å². The number of hydrogen-bond acceptors (Lipinski definition) is 1. The summed E-state index contributed by atoms with van der Waals surface area (Å²) in [5.41, 5.74) is 4.95. The Morgan fingerprint density at radius 2 is 1.88 bits per heavy atom. The van der Waals surface area contributed by atoms with Gasteiger partial charge in [-0.05, 0) is 76.1 Å². The van der Waals surface area contributed by atoms with Crippen molar-refractivity contribution in [3.05, 3.63) is 34.9 Å². The molecule has 1 N–H and O–H groups in total. The summed E-state index contributed by atoms with van der Waals surface area (Å²) in [4.78, 5) is 0. The highest BCUT2D eigenvalue weighted by Gasteiger charge is 2.11. The van der Waals surface area contributed by atoms with E-state index in [9.17, 15) is 0 Å². The van der Waals surface area contributed by atoms with Gasteiger partial charge < -0.3 is 5.32 Å². The lowest BCUT2D eigenvalue weighted by Crippen LogP contribution is -2.36. The third-order valence-corrected chi connectivity index (χ3v) is 3.46. The molecule has 0 atom stereocenters. The van der Waals surface area contributed by atoms with Gasteiger partial charge >= 0.3 is 0 Å². The Labute approximate surface area is 106 Å². The summed E-state index contributed by atoms with van der Waals surface area (Å²) < 4.78 is 0. The lowest BCUT2D eigenvalue weighted by molar-refractivity contribution is 0.422. The first kappa shape index (κ1) is 12.6. The van der Waals surface area contributed by atoms with E-state index in [2.05, 4.69) is 44.3 Å². The van der Waals surface area contributed by atoms with Gasteiger partial charge in [-0.15, -0.1) is 0 Å². The van der Waals surface area contributed by atoms with Gasteiger partial charge in [0.15, 0.2) is 0 Å². The first-order chi connectivity index (χ1) is 8.04. The molecule has 1 aliphatic carbocycles. The first-order valence-electron chi connectivity index (χ1n) is 6.90. The molecule has 0 unspecified atom stereocenters. The van der Waals surface area contributed by atoms with E-state index in [4.69, 9.17) is 0 Å². The Balaban J connectivity index is 1.80. The van der Waals surface area contributed by atoms with Gasteiger partial charge in [0.25, 0.3) is 0 Å². The van der Waals surface area contributed by atoms with E-state index >= 15 is 0 Å². The molecule has 0 fully saturated rings. The second-order valence-corrected chi connectivity index (χ2v) is 6.24. The zero-order chi connectivity index (χ0) is 12.3. The van der Waals surface area contributed by atoms with Crippen molar-refractivity contribution in [2.75, 3.05) is 6.54 Å². The average Bonchev–Trinajstić information content (AvgIpc) is 2.70. The Morgan fingerprint density at radius 1 is 1.12 bits per heavy atom. The van der Waals surface area contributed by atoms with Gasteiger partial charge in [0.1, 0.15) is 0 Å². The maximum Gasteiger partial charge on any atom is 0.00965 e. The molecule has 1 nitrogen and oxygen atoms in total. The van der Waals surface area contributed by atoms with Gasteiger partial charge in [-0.3, -0.25) is 0 Å². The minimum Gasteiger partial charge on any atom is -0.312 e. The number of rotatable bonds is 4. The van der Waals surface area contributed by atoms with Crippen molar-refractivity contribution in [1.29, 1.82) is 0 Å². The molecular formula is C16H25N. The molecule has 0 aliphatic heterocycles. The molecule has 1 heteroatoms. The van der Waals surface area contributed by atoms with Crippen LogP contribution in [0.2, 0.25) is 0 Å². The molecule has 0 saturated heterocycles. The van der Waals surface area contributed by atoms with Gasteiger partial charge in [0, 0.05) is 5.54 Å². The summed E-state index contributed by atoms with van der Waals surface area (Å²) in [5.74, 6) is 0. The topological polar surface area (TPSA) is 12.0 Å². The SMILES string of the molecule is CC(C)(C)NCCCc1ccc2c(c1)CCC2. The van der Waals surface area contributed by atoms with Crippen molar-refractivity contribution in [2.45, 2.75) is 58.4 Å². The molecule has 1 aromatic rings. The smallest absolute Gasteiger partial charge is 0.00965 e. The van der Waals surface area contributed by atoms with Crippen LogP contribution in [-0.4, -0.2) is 12.1 Å². The third kappa shape index (κ3) is 3.85. The molecule has 0 spiro atoms. The number of aryl methyl sites for hydroxylation is 3. The molecular weight excluding hydrogens is 206 g/mol. The largest absolute Gasteiger partial charge is 0.312 e. The Bertz CT molecular complexity index is 374. The fourth-order valence-electron chi connectivity index (χ4n) is 2.54. The van der Waals surface area contributed by atoms with Gasteiger partial charge in [-0.2, -0.15) is 0 Å². The van der Waals surface area contributed by atoms with Gasteiger partial charge in [0.05, 0.1) is 0 Å². The second-order valence-electron chi connectivity index (χ2n) is 6.24. The van der Waals surface area contributed by atoms with Crippen molar-refractivity contribution in [2.24, 2.45) is 0 Å². The van der Waals surface area contributed by atoms with Crippen LogP contribution in [0.3, 0.4) is 0 Å². The molecule has 0 bridgehead atoms. The molecule has 1 aromatic carbocycles. The van der Waals surface area contributed by atoms with Crippen LogP contribution in [-0.2, 0) is 19.3 Å². The zero-order valence-electron chi connectivity index (χ0n) is 11.5. The molecule has 0 heterocycles. The molecule has 2 rings (SSSR count). The van der Waals surface area contributed by atoms with Crippen molar-refractivity contribution in [1.82, 2.24) is 5.32 Å². The summed E-state index contributed by atoms with van der Waals surface area (Å²) in [6, 6.07) is 7.09. The van der Waals surface area contributed by atoms with Crippen LogP contribution in [0.25, 0.3) is 0 Å². The second kappa shape index (κ2) is 5.22. The normalized spacial score (nSPS) is 15.0. The van der Waals surface area contributed by atoms with Crippen LogP contribution in [0.4, 0.5) is 0 Å². The summed E-state index contributed by atoms with van der Waals surface area (Å²) in [6.45, 7) is 7.79. The zero-order valence-corrected chi connectivity index (χ0v) is 11.5. The molecule has 94 valence electrons. The fraction of sp³-hybridized carbons (Fsp3) is 0.625. The van der Waals surface area contributed by atoms with Crippen molar-refractivity contribution in [3.63, 3.8) is 0 Å². The van der Waals surface area contributed by atoms with E-state index in [1.807, 2.05) is 0 Å². The lowest BCUT2D eigenvalue weighted by atomic mass is 10.0. The summed E-state index contributed by atoms with van der Waals surface area (Å²) >= 11 is 0. The van der Waals surface area contributed by atoms with Crippen LogP contribution in [0.1, 0.15) is 50.3 Å². The van der Waals surface area contributed by atoms with E-state index < -0.39 is 0 Å². The summed E-state index contributed by atoms with van der Waals surface area (Å²) in [5, 5.41) is 3.54. The lowest BCUT2D eigenvalue weighted by Gasteiger charge is -2.20. The Kier molecular flexibility index (Phi) is 3.88. The number of nitrogens with one attached hydrogen (secondary N) is 1. The molecule has 1 aliphatic rings. The highest BCUT2D eigenvalue weighted by molar-refractivity contribution is 5.35. The van der Waals surface area contributed by atoms with E-state index in [-0.39, 0.29) is 5.54 Å². The molecule has 0 radical (unpaired) electrons.